The summed E-state index contributed by atoms with van der Waals surface area (Å²) in [6.07, 6.45) is -1.57. The highest BCUT2D eigenvalue weighted by Crippen LogP contribution is 2.19. The number of carbonyl (C=O) groups is 6. The molecule has 2 fully saturated rings. The van der Waals surface area contributed by atoms with Gasteiger partial charge in [-0.3, -0.25) is 39.1 Å². The van der Waals surface area contributed by atoms with Gasteiger partial charge in [0.2, 0.25) is 29.5 Å². The molecule has 15 nitrogen and oxygen atoms in total. The molecule has 0 radical (unpaired) electrons. The predicted octanol–water partition coefficient (Wildman–Crippen LogP) is -1.72. The van der Waals surface area contributed by atoms with E-state index in [2.05, 4.69) is 26.7 Å². The summed E-state index contributed by atoms with van der Waals surface area (Å²) in [7, 11) is 1.32. The number of aliphatic hydroxyl groups is 2. The van der Waals surface area contributed by atoms with E-state index < -0.39 is 83.7 Å². The summed E-state index contributed by atoms with van der Waals surface area (Å²) in [5.41, 5.74) is 3.68. The fourth-order valence-electron chi connectivity index (χ4n) is 5.43. The zero-order chi connectivity index (χ0) is 34.0. The van der Waals surface area contributed by atoms with Gasteiger partial charge in [-0.1, -0.05) is 51.1 Å². The third-order valence-electron chi connectivity index (χ3n) is 8.19. The molecule has 2 aliphatic heterocycles. The van der Waals surface area contributed by atoms with Gasteiger partial charge in [-0.05, 0) is 37.2 Å². The molecule has 46 heavy (non-hydrogen) atoms. The summed E-state index contributed by atoms with van der Waals surface area (Å²) in [6, 6.07) is 4.64. The van der Waals surface area contributed by atoms with Gasteiger partial charge in [0.05, 0.1) is 24.2 Å². The summed E-state index contributed by atoms with van der Waals surface area (Å²) in [5, 5.41) is 33.4. The Labute approximate surface area is 268 Å². The largest absolute Gasteiger partial charge is 0.390 e. The van der Waals surface area contributed by atoms with Crippen molar-refractivity contribution in [2.45, 2.75) is 89.3 Å². The first-order valence-corrected chi connectivity index (χ1v) is 15.5. The first-order valence-electron chi connectivity index (χ1n) is 15.5. The fourth-order valence-corrected chi connectivity index (χ4v) is 5.43. The summed E-state index contributed by atoms with van der Waals surface area (Å²) >= 11 is 0. The number of methoxy groups -OCH3 is 1. The van der Waals surface area contributed by atoms with Gasteiger partial charge in [-0.2, -0.15) is 0 Å². The van der Waals surface area contributed by atoms with Gasteiger partial charge in [0.15, 0.2) is 0 Å². The first-order chi connectivity index (χ1) is 21.8. The number of imide groups is 1. The van der Waals surface area contributed by atoms with Crippen molar-refractivity contribution in [1.29, 1.82) is 0 Å². The number of hydrogen-bond donors (Lipinski definition) is 7. The fraction of sp³-hybridized carbons (Fsp3) is 0.613. The Morgan fingerprint density at radius 3 is 2.35 bits per heavy atom. The van der Waals surface area contributed by atoms with Gasteiger partial charge in [0.1, 0.15) is 24.7 Å². The lowest BCUT2D eigenvalue weighted by atomic mass is 9.91. The second-order valence-corrected chi connectivity index (χ2v) is 12.1. The molecule has 0 aliphatic carbocycles. The van der Waals surface area contributed by atoms with E-state index in [0.29, 0.717) is 13.0 Å². The second kappa shape index (κ2) is 17.1. The van der Waals surface area contributed by atoms with Crippen LogP contribution in [-0.4, -0.2) is 107 Å². The molecule has 0 bridgehead atoms. The van der Waals surface area contributed by atoms with Gasteiger partial charge in [-0.25, -0.2) is 5.43 Å². The molecule has 1 aromatic rings. The van der Waals surface area contributed by atoms with Gasteiger partial charge >= 0.3 is 0 Å². The number of aliphatic hydroxyl groups excluding tert-OH is 2. The van der Waals surface area contributed by atoms with Crippen molar-refractivity contribution >= 4 is 35.4 Å². The van der Waals surface area contributed by atoms with Crippen molar-refractivity contribution < 1.29 is 43.7 Å². The molecule has 7 atom stereocenters. The van der Waals surface area contributed by atoms with Crippen LogP contribution in [0.1, 0.15) is 52.0 Å². The number of piperidine rings is 1. The van der Waals surface area contributed by atoms with Crippen LogP contribution in [0, 0.1) is 11.8 Å². The number of carbonyl (C=O) groups excluding carboxylic acids is 6. The molecule has 3 rings (SSSR count). The lowest BCUT2D eigenvalue weighted by molar-refractivity contribution is -0.153. The third-order valence-corrected chi connectivity index (χ3v) is 8.19. The van der Waals surface area contributed by atoms with Crippen LogP contribution >= 0.6 is 0 Å². The zero-order valence-corrected chi connectivity index (χ0v) is 26.7. The number of hydrogen-bond acceptors (Lipinski definition) is 10. The van der Waals surface area contributed by atoms with E-state index in [4.69, 9.17) is 4.74 Å². The molecule has 0 spiro atoms. The van der Waals surface area contributed by atoms with E-state index in [1.54, 1.807) is 38.1 Å². The van der Waals surface area contributed by atoms with E-state index in [1.165, 1.54) is 14.0 Å². The molecule has 254 valence electrons. The van der Waals surface area contributed by atoms with Gasteiger partial charge in [0, 0.05) is 20.1 Å². The van der Waals surface area contributed by atoms with E-state index >= 15 is 0 Å². The van der Waals surface area contributed by atoms with Crippen molar-refractivity contribution in [3.8, 4) is 0 Å². The lowest BCUT2D eigenvalue weighted by Crippen LogP contribution is -2.66. The number of ether oxygens (including phenoxy) is 1. The van der Waals surface area contributed by atoms with E-state index in [1.807, 2.05) is 6.07 Å². The molecule has 2 saturated heterocycles. The normalized spacial score (nSPS) is 21.8. The van der Waals surface area contributed by atoms with Gasteiger partial charge in [0.25, 0.3) is 5.91 Å². The monoisotopic (exact) mass is 646 g/mol. The second-order valence-electron chi connectivity index (χ2n) is 12.1. The molecule has 15 heteroatoms. The van der Waals surface area contributed by atoms with Crippen molar-refractivity contribution in [2.24, 2.45) is 11.8 Å². The average Bonchev–Trinajstić information content (AvgIpc) is 3.03. The zero-order valence-electron chi connectivity index (χ0n) is 26.7. The Balaban J connectivity index is 1.81. The van der Waals surface area contributed by atoms with Crippen LogP contribution in [0.5, 0.6) is 0 Å². The molecular weight excluding hydrogens is 600 g/mol. The number of benzene rings is 1. The number of nitrogens with one attached hydrogen (secondary N) is 5. The maximum absolute atomic E-state index is 13.8. The highest BCUT2D eigenvalue weighted by atomic mass is 16.5. The van der Waals surface area contributed by atoms with Crippen molar-refractivity contribution in [3.63, 3.8) is 0 Å². The molecule has 0 aromatic heterocycles. The van der Waals surface area contributed by atoms with Crippen LogP contribution in [0.3, 0.4) is 0 Å². The third kappa shape index (κ3) is 9.79. The molecule has 6 amide bonds. The van der Waals surface area contributed by atoms with Crippen LogP contribution in [-0.2, 0) is 39.9 Å². The lowest BCUT2D eigenvalue weighted by Gasteiger charge is -2.39. The van der Waals surface area contributed by atoms with Crippen LogP contribution < -0.4 is 26.7 Å². The van der Waals surface area contributed by atoms with Crippen LogP contribution in [0.25, 0.3) is 0 Å². The molecule has 1 aromatic carbocycles. The topological polar surface area (TPSA) is 216 Å². The minimum absolute atomic E-state index is 0.0655. The first kappa shape index (κ1) is 36.5. The summed E-state index contributed by atoms with van der Waals surface area (Å²) in [5.74, 6) is -5.13. The summed E-state index contributed by atoms with van der Waals surface area (Å²) in [4.78, 5) is 76.7. The number of hydrazine groups is 1. The Morgan fingerprint density at radius 2 is 1.72 bits per heavy atom. The minimum atomic E-state index is -1.41. The highest BCUT2D eigenvalue weighted by molar-refractivity contribution is 6.01. The van der Waals surface area contributed by atoms with E-state index in [0.717, 1.165) is 10.6 Å². The van der Waals surface area contributed by atoms with Gasteiger partial charge in [-0.15, -0.1) is 0 Å². The molecule has 2 aliphatic rings. The Morgan fingerprint density at radius 1 is 1.02 bits per heavy atom. The Bertz CT molecular complexity index is 1250. The Hall–Kier alpha value is -3.92. The highest BCUT2D eigenvalue weighted by Gasteiger charge is 2.42. The van der Waals surface area contributed by atoms with E-state index in [-0.39, 0.29) is 32.3 Å². The van der Waals surface area contributed by atoms with Crippen LogP contribution in [0.15, 0.2) is 30.3 Å². The van der Waals surface area contributed by atoms with Crippen LogP contribution in [0.4, 0.5) is 0 Å². The number of rotatable bonds is 14. The summed E-state index contributed by atoms with van der Waals surface area (Å²) < 4.78 is 4.85. The van der Waals surface area contributed by atoms with Crippen molar-refractivity contribution in [1.82, 2.24) is 31.7 Å². The van der Waals surface area contributed by atoms with Crippen molar-refractivity contribution in [2.75, 3.05) is 20.3 Å². The summed E-state index contributed by atoms with van der Waals surface area (Å²) in [6.45, 7) is 4.87. The predicted molar refractivity (Wildman–Crippen MR) is 164 cm³/mol. The number of amides is 6. The maximum Gasteiger partial charge on any atom is 0.262 e. The quantitative estimate of drug-likeness (QED) is 0.113. The molecule has 2 heterocycles. The maximum atomic E-state index is 13.8. The Kier molecular flexibility index (Phi) is 13.6. The van der Waals surface area contributed by atoms with Gasteiger partial charge < -0.3 is 30.9 Å². The molecule has 7 N–H and O–H groups in total. The SMILES string of the molecule is COCC(=O)N[C@@H](C(=O)N1NCCC[C@H]1C(=O)N[C@@H](Cc1ccccc1)[C@@H](O)[C@@H](C)C(=O)N[C@@H]1CCC(=O)NC1=O)[C@H](O)C(C)C. The smallest absolute Gasteiger partial charge is 0.262 e. The average molecular weight is 647 g/mol. The standard InChI is InChI=1S/C31H46N6O9/c1-17(2)26(40)25(35-24(39)16-46-4)31(45)37-22(11-8-14-32-37)30(44)34-21(15-19-9-6-5-7-10-19)27(41)18(3)28(42)33-20-12-13-23(38)36-29(20)43/h5-7,9-10,17-18,20-22,25-27,32,40-41H,8,11-16H2,1-4H3,(H,33,42)(H,34,44)(H,35,39)(H,36,38,43)/t18-,20-,21+,22+,25-,26-,27+/m1/s1. The minimum Gasteiger partial charge on any atom is -0.390 e. The molecular formula is C31H46N6O9. The molecule has 0 unspecified atom stereocenters. The van der Waals surface area contributed by atoms with E-state index in [9.17, 15) is 39.0 Å². The van der Waals surface area contributed by atoms with Crippen molar-refractivity contribution in [3.05, 3.63) is 35.9 Å². The number of nitrogens with zero attached hydrogens (tertiary/aromatic N) is 1. The molecule has 0 saturated carbocycles. The van der Waals surface area contributed by atoms with Crippen LogP contribution in [0.2, 0.25) is 0 Å².